The Labute approximate surface area is 76.9 Å². The number of rotatable bonds is 6. The van der Waals surface area contributed by atoms with Gasteiger partial charge in [-0.15, -0.1) is 0 Å². The smallest absolute Gasteiger partial charge is 0.307 e. The molecule has 0 aliphatic rings. The Balaban J connectivity index is 4.17. The molecule has 0 rings (SSSR count). The van der Waals surface area contributed by atoms with Crippen molar-refractivity contribution in [2.75, 3.05) is 0 Å². The second-order valence-corrected chi connectivity index (χ2v) is 2.79. The zero-order valence-electron chi connectivity index (χ0n) is 7.62. The molecule has 0 saturated carbocycles. The zero-order chi connectivity index (χ0) is 10.3. The van der Waals surface area contributed by atoms with Crippen LogP contribution in [-0.2, 0) is 9.59 Å². The lowest BCUT2D eigenvalue weighted by atomic mass is 10.1. The van der Waals surface area contributed by atoms with Crippen LogP contribution in [0.5, 0.6) is 0 Å². The Morgan fingerprint density at radius 1 is 1.15 bits per heavy atom. The number of carbonyl (C=O) groups is 2. The van der Waals surface area contributed by atoms with Crippen LogP contribution in [0.2, 0.25) is 0 Å². The van der Waals surface area contributed by atoms with E-state index in [4.69, 9.17) is 10.2 Å². The van der Waals surface area contributed by atoms with E-state index in [-0.39, 0.29) is 12.8 Å². The third-order valence-corrected chi connectivity index (χ3v) is 1.48. The van der Waals surface area contributed by atoms with Gasteiger partial charge in [-0.3, -0.25) is 9.59 Å². The molecule has 0 saturated heterocycles. The number of carboxylic acid groups (broad SMARTS) is 2. The fourth-order valence-corrected chi connectivity index (χ4v) is 0.944. The predicted molar refractivity (Wildman–Crippen MR) is 47.5 cm³/mol. The van der Waals surface area contributed by atoms with E-state index in [0.29, 0.717) is 5.57 Å². The van der Waals surface area contributed by atoms with Crippen molar-refractivity contribution in [1.82, 2.24) is 0 Å². The highest BCUT2D eigenvalue weighted by Gasteiger charge is 2.07. The van der Waals surface area contributed by atoms with Crippen molar-refractivity contribution in [2.24, 2.45) is 0 Å². The first-order valence-electron chi connectivity index (χ1n) is 4.17. The fraction of sp³-hybridized carbons (Fsp3) is 0.556. The highest BCUT2D eigenvalue weighted by atomic mass is 16.4. The molecule has 0 radical (unpaired) electrons. The Morgan fingerprint density at radius 3 is 1.92 bits per heavy atom. The molecule has 0 fully saturated rings. The lowest BCUT2D eigenvalue weighted by molar-refractivity contribution is -0.136. The topological polar surface area (TPSA) is 74.6 Å². The highest BCUT2D eigenvalue weighted by Crippen LogP contribution is 2.09. The number of unbranched alkanes of at least 4 members (excludes halogenated alkanes) is 1. The van der Waals surface area contributed by atoms with Crippen LogP contribution in [-0.4, -0.2) is 22.2 Å². The lowest BCUT2D eigenvalue weighted by Gasteiger charge is -2.00. The number of aliphatic carboxylic acids is 2. The molecule has 0 aromatic carbocycles. The van der Waals surface area contributed by atoms with Crippen LogP contribution in [0.4, 0.5) is 0 Å². The van der Waals surface area contributed by atoms with Crippen LogP contribution >= 0.6 is 0 Å². The van der Waals surface area contributed by atoms with E-state index in [9.17, 15) is 9.59 Å². The van der Waals surface area contributed by atoms with Gasteiger partial charge in [-0.25, -0.2) is 0 Å². The van der Waals surface area contributed by atoms with Gasteiger partial charge in [0.05, 0.1) is 12.8 Å². The Bertz CT molecular complexity index is 200. The molecule has 0 unspecified atom stereocenters. The van der Waals surface area contributed by atoms with Gasteiger partial charge in [0.25, 0.3) is 0 Å². The van der Waals surface area contributed by atoms with Crippen molar-refractivity contribution in [1.29, 1.82) is 0 Å². The van der Waals surface area contributed by atoms with E-state index >= 15 is 0 Å². The number of allylic oxidation sites excluding steroid dienone is 1. The minimum atomic E-state index is -0.983. The first-order chi connectivity index (χ1) is 6.06. The van der Waals surface area contributed by atoms with E-state index in [1.165, 1.54) is 0 Å². The Kier molecular flexibility index (Phi) is 5.59. The molecule has 4 nitrogen and oxygen atoms in total. The maximum absolute atomic E-state index is 10.3. The second kappa shape index (κ2) is 6.22. The van der Waals surface area contributed by atoms with Gasteiger partial charge in [-0.05, 0) is 6.42 Å². The van der Waals surface area contributed by atoms with Gasteiger partial charge >= 0.3 is 11.9 Å². The lowest BCUT2D eigenvalue weighted by Crippen LogP contribution is -2.03. The summed E-state index contributed by atoms with van der Waals surface area (Å²) in [5.41, 5.74) is 0.474. The van der Waals surface area contributed by atoms with Gasteiger partial charge in [0.1, 0.15) is 0 Å². The molecule has 0 aromatic heterocycles. The van der Waals surface area contributed by atoms with Crippen molar-refractivity contribution < 1.29 is 19.8 Å². The van der Waals surface area contributed by atoms with Crippen molar-refractivity contribution in [2.45, 2.75) is 32.6 Å². The molecular formula is C9H14O4. The predicted octanol–water partition coefficient (Wildman–Crippen LogP) is 1.66. The van der Waals surface area contributed by atoms with Crippen molar-refractivity contribution in [3.63, 3.8) is 0 Å². The summed E-state index contributed by atoms with van der Waals surface area (Å²) in [6, 6.07) is 0. The molecule has 0 aromatic rings. The van der Waals surface area contributed by atoms with Gasteiger partial charge < -0.3 is 10.2 Å². The maximum atomic E-state index is 10.3. The molecule has 0 amide bonds. The van der Waals surface area contributed by atoms with E-state index in [1.807, 2.05) is 6.92 Å². The standard InChI is InChI=1S/C9H14O4/c1-2-3-4-7(5-8(10)11)6-9(12)13/h4H,2-3,5-6H2,1H3,(H,10,11)(H,12,13). The first kappa shape index (κ1) is 11.7. The molecule has 0 bridgehead atoms. The summed E-state index contributed by atoms with van der Waals surface area (Å²) in [6.07, 6.45) is 2.97. The van der Waals surface area contributed by atoms with E-state index < -0.39 is 11.9 Å². The summed E-state index contributed by atoms with van der Waals surface area (Å²) in [5.74, 6) is -1.97. The van der Waals surface area contributed by atoms with Gasteiger partial charge in [-0.1, -0.05) is 25.0 Å². The van der Waals surface area contributed by atoms with Crippen LogP contribution < -0.4 is 0 Å². The van der Waals surface area contributed by atoms with Crippen LogP contribution in [0, 0.1) is 0 Å². The molecule has 0 spiro atoms. The van der Waals surface area contributed by atoms with Crippen LogP contribution in [0.25, 0.3) is 0 Å². The minimum absolute atomic E-state index is 0.174. The molecule has 0 atom stereocenters. The van der Waals surface area contributed by atoms with Gasteiger partial charge in [-0.2, -0.15) is 0 Å². The van der Waals surface area contributed by atoms with Crippen LogP contribution in [0.15, 0.2) is 11.6 Å². The number of carboxylic acids is 2. The minimum Gasteiger partial charge on any atom is -0.481 e. The summed E-state index contributed by atoms with van der Waals surface area (Å²) < 4.78 is 0. The maximum Gasteiger partial charge on any atom is 0.307 e. The van der Waals surface area contributed by atoms with Crippen LogP contribution in [0.3, 0.4) is 0 Å². The SMILES string of the molecule is CCCC=C(CC(=O)O)CC(=O)O. The van der Waals surface area contributed by atoms with Crippen molar-refractivity contribution in [3.8, 4) is 0 Å². The van der Waals surface area contributed by atoms with E-state index in [2.05, 4.69) is 0 Å². The summed E-state index contributed by atoms with van der Waals surface area (Å²) in [5, 5.41) is 16.9. The molecular weight excluding hydrogens is 172 g/mol. The van der Waals surface area contributed by atoms with Crippen molar-refractivity contribution >= 4 is 11.9 Å². The van der Waals surface area contributed by atoms with Gasteiger partial charge in [0.15, 0.2) is 0 Å². The third-order valence-electron chi connectivity index (χ3n) is 1.48. The summed E-state index contributed by atoms with van der Waals surface area (Å²) >= 11 is 0. The summed E-state index contributed by atoms with van der Waals surface area (Å²) in [6.45, 7) is 1.95. The molecule has 0 heterocycles. The monoisotopic (exact) mass is 186 g/mol. The Morgan fingerprint density at radius 2 is 1.62 bits per heavy atom. The second-order valence-electron chi connectivity index (χ2n) is 2.79. The number of hydrogen-bond acceptors (Lipinski definition) is 2. The molecule has 2 N–H and O–H groups in total. The van der Waals surface area contributed by atoms with E-state index in [0.717, 1.165) is 12.8 Å². The first-order valence-corrected chi connectivity index (χ1v) is 4.17. The van der Waals surface area contributed by atoms with E-state index in [1.54, 1.807) is 6.08 Å². The molecule has 0 aliphatic heterocycles. The zero-order valence-corrected chi connectivity index (χ0v) is 7.62. The molecule has 0 aliphatic carbocycles. The average Bonchev–Trinajstić information content (AvgIpc) is 1.98. The normalized spacial score (nSPS) is 9.31. The average molecular weight is 186 g/mol. The quantitative estimate of drug-likeness (QED) is 0.618. The Hall–Kier alpha value is -1.32. The summed E-state index contributed by atoms with van der Waals surface area (Å²) in [4.78, 5) is 20.6. The largest absolute Gasteiger partial charge is 0.481 e. The van der Waals surface area contributed by atoms with Gasteiger partial charge in [0, 0.05) is 0 Å². The highest BCUT2D eigenvalue weighted by molar-refractivity contribution is 5.75. The molecule has 4 heteroatoms. The molecule has 74 valence electrons. The van der Waals surface area contributed by atoms with Crippen molar-refractivity contribution in [3.05, 3.63) is 11.6 Å². The summed E-state index contributed by atoms with van der Waals surface area (Å²) in [7, 11) is 0. The van der Waals surface area contributed by atoms with Gasteiger partial charge in [0.2, 0.25) is 0 Å². The third kappa shape index (κ3) is 7.05. The fourth-order valence-electron chi connectivity index (χ4n) is 0.944. The number of hydrogen-bond donors (Lipinski definition) is 2. The molecule has 13 heavy (non-hydrogen) atoms. The van der Waals surface area contributed by atoms with Crippen LogP contribution in [0.1, 0.15) is 32.6 Å².